The molecule has 0 atom stereocenters. The zero-order valence-electron chi connectivity index (χ0n) is 13.2. The summed E-state index contributed by atoms with van der Waals surface area (Å²) in [6.45, 7) is 5.77. The monoisotopic (exact) mass is 307 g/mol. The van der Waals surface area contributed by atoms with Gasteiger partial charge in [0.15, 0.2) is 0 Å². The summed E-state index contributed by atoms with van der Waals surface area (Å²) in [5, 5.41) is 3.08. The third kappa shape index (κ3) is 7.33. The van der Waals surface area contributed by atoms with E-state index in [9.17, 15) is 9.59 Å². The molecule has 1 aromatic carbocycles. The molecule has 0 radical (unpaired) electrons. The molecule has 1 N–H and O–H groups in total. The summed E-state index contributed by atoms with van der Waals surface area (Å²) < 4.78 is 14.6. The molecule has 6 nitrogen and oxygen atoms in total. The highest BCUT2D eigenvalue weighted by Crippen LogP contribution is 2.17. The van der Waals surface area contributed by atoms with E-state index < -0.39 is 17.7 Å². The molecule has 0 bridgehead atoms. The van der Waals surface area contributed by atoms with Crippen LogP contribution in [0, 0.1) is 0 Å². The summed E-state index contributed by atoms with van der Waals surface area (Å²) >= 11 is 0. The molecule has 6 heteroatoms. The second kappa shape index (κ2) is 8.07. The Labute approximate surface area is 130 Å². The van der Waals surface area contributed by atoms with Crippen molar-refractivity contribution in [1.82, 2.24) is 0 Å². The van der Waals surface area contributed by atoms with Gasteiger partial charge >= 0.3 is 12.1 Å². The molecular weight excluding hydrogens is 286 g/mol. The van der Waals surface area contributed by atoms with Gasteiger partial charge in [-0.25, -0.2) is 9.59 Å². The van der Waals surface area contributed by atoms with E-state index in [-0.39, 0.29) is 0 Å². The van der Waals surface area contributed by atoms with E-state index in [4.69, 9.17) is 9.47 Å². The minimum atomic E-state index is -0.741. The quantitative estimate of drug-likeness (QED) is 0.512. The first-order valence-electron chi connectivity index (χ1n) is 6.79. The summed E-state index contributed by atoms with van der Waals surface area (Å²) in [5.41, 5.74) is 0.232. The number of anilines is 1. The predicted octanol–water partition coefficient (Wildman–Crippen LogP) is 3.14. The molecule has 0 spiro atoms. The standard InChI is InChI=1S/C16H21NO5/c1-16(2,3)22-15(19)21-13-9-7-12(8-10-13)17-11-5-6-14(18)20-4/h5-10,17H,11H2,1-4H3/b6-5+. The Morgan fingerprint density at radius 2 is 1.82 bits per heavy atom. The van der Waals surface area contributed by atoms with Crippen LogP contribution in [-0.2, 0) is 14.3 Å². The Morgan fingerprint density at radius 1 is 1.18 bits per heavy atom. The molecule has 0 saturated carbocycles. The lowest BCUT2D eigenvalue weighted by atomic mass is 10.2. The van der Waals surface area contributed by atoms with Gasteiger partial charge in [0.25, 0.3) is 0 Å². The fourth-order valence-electron chi connectivity index (χ4n) is 1.41. The SMILES string of the molecule is COC(=O)/C=C/CNc1ccc(OC(=O)OC(C)(C)C)cc1. The van der Waals surface area contributed by atoms with Gasteiger partial charge in [0, 0.05) is 18.3 Å². The molecule has 0 aliphatic rings. The first-order chi connectivity index (χ1) is 10.3. The van der Waals surface area contributed by atoms with Crippen molar-refractivity contribution in [2.24, 2.45) is 0 Å². The minimum Gasteiger partial charge on any atom is -0.466 e. The van der Waals surface area contributed by atoms with Crippen molar-refractivity contribution >= 4 is 17.8 Å². The number of carbonyl (C=O) groups excluding carboxylic acids is 2. The van der Waals surface area contributed by atoms with Gasteiger partial charge in [0.05, 0.1) is 7.11 Å². The molecule has 1 rings (SSSR count). The molecule has 0 heterocycles. The van der Waals surface area contributed by atoms with Crippen LogP contribution in [0.25, 0.3) is 0 Å². The van der Waals surface area contributed by atoms with Crippen molar-refractivity contribution < 1.29 is 23.8 Å². The lowest BCUT2D eigenvalue weighted by Gasteiger charge is -2.18. The van der Waals surface area contributed by atoms with Crippen molar-refractivity contribution in [2.45, 2.75) is 26.4 Å². The fraction of sp³-hybridized carbons (Fsp3) is 0.375. The van der Waals surface area contributed by atoms with Crippen LogP contribution >= 0.6 is 0 Å². The first kappa shape index (κ1) is 17.6. The van der Waals surface area contributed by atoms with Crippen LogP contribution in [0.15, 0.2) is 36.4 Å². The second-order valence-electron chi connectivity index (χ2n) is 5.40. The zero-order chi connectivity index (χ0) is 16.6. The van der Waals surface area contributed by atoms with Gasteiger partial charge in [-0.15, -0.1) is 0 Å². The minimum absolute atomic E-state index is 0.393. The Hall–Kier alpha value is -2.50. The van der Waals surface area contributed by atoms with E-state index in [2.05, 4.69) is 10.1 Å². The summed E-state index contributed by atoms with van der Waals surface area (Å²) in [6.07, 6.45) is 2.25. The number of benzene rings is 1. The number of hydrogen-bond acceptors (Lipinski definition) is 6. The molecule has 22 heavy (non-hydrogen) atoms. The van der Waals surface area contributed by atoms with Gasteiger partial charge in [-0.05, 0) is 45.0 Å². The molecule has 0 aromatic heterocycles. The van der Waals surface area contributed by atoms with Gasteiger partial charge in [0.1, 0.15) is 11.4 Å². The number of rotatable bonds is 5. The number of ether oxygens (including phenoxy) is 3. The smallest absolute Gasteiger partial charge is 0.466 e. The predicted molar refractivity (Wildman–Crippen MR) is 82.9 cm³/mol. The summed E-state index contributed by atoms with van der Waals surface area (Å²) in [4.78, 5) is 22.4. The van der Waals surface area contributed by atoms with Crippen molar-refractivity contribution in [2.75, 3.05) is 19.0 Å². The first-order valence-corrected chi connectivity index (χ1v) is 6.79. The summed E-state index contributed by atoms with van der Waals surface area (Å²) in [5.74, 6) is -0.00666. The summed E-state index contributed by atoms with van der Waals surface area (Å²) in [7, 11) is 1.32. The molecule has 0 saturated heterocycles. The van der Waals surface area contributed by atoms with Crippen LogP contribution in [0.2, 0.25) is 0 Å². The van der Waals surface area contributed by atoms with Gasteiger partial charge in [-0.1, -0.05) is 6.08 Å². The number of hydrogen-bond donors (Lipinski definition) is 1. The van der Waals surface area contributed by atoms with E-state index in [1.54, 1.807) is 51.1 Å². The molecule has 0 aliphatic carbocycles. The normalized spacial score (nSPS) is 11.1. The van der Waals surface area contributed by atoms with Crippen LogP contribution in [0.5, 0.6) is 5.75 Å². The molecule has 0 aliphatic heterocycles. The van der Waals surface area contributed by atoms with Crippen molar-refractivity contribution in [1.29, 1.82) is 0 Å². The van der Waals surface area contributed by atoms with Crippen molar-refractivity contribution in [3.8, 4) is 5.75 Å². The van der Waals surface area contributed by atoms with E-state index in [0.717, 1.165) is 5.69 Å². The number of methoxy groups -OCH3 is 1. The largest absolute Gasteiger partial charge is 0.514 e. The third-order valence-electron chi connectivity index (χ3n) is 2.32. The second-order valence-corrected chi connectivity index (χ2v) is 5.40. The Kier molecular flexibility index (Phi) is 6.44. The van der Waals surface area contributed by atoms with Gasteiger partial charge in [-0.3, -0.25) is 0 Å². The Morgan fingerprint density at radius 3 is 2.36 bits per heavy atom. The van der Waals surface area contributed by atoms with Crippen molar-refractivity contribution in [3.63, 3.8) is 0 Å². The van der Waals surface area contributed by atoms with Crippen LogP contribution in [-0.4, -0.2) is 31.4 Å². The molecule has 0 unspecified atom stereocenters. The molecule has 120 valence electrons. The average Bonchev–Trinajstić information content (AvgIpc) is 2.43. The Balaban J connectivity index is 2.44. The lowest BCUT2D eigenvalue weighted by Crippen LogP contribution is -2.25. The maximum absolute atomic E-state index is 11.5. The maximum atomic E-state index is 11.5. The lowest BCUT2D eigenvalue weighted by molar-refractivity contribution is -0.134. The Bertz CT molecular complexity index is 528. The fourth-order valence-corrected chi connectivity index (χ4v) is 1.41. The highest BCUT2D eigenvalue weighted by atomic mass is 16.7. The highest BCUT2D eigenvalue weighted by molar-refractivity contribution is 5.81. The zero-order valence-corrected chi connectivity index (χ0v) is 13.2. The third-order valence-corrected chi connectivity index (χ3v) is 2.32. The van der Waals surface area contributed by atoms with Gasteiger partial charge < -0.3 is 19.5 Å². The average molecular weight is 307 g/mol. The number of esters is 1. The van der Waals surface area contributed by atoms with E-state index in [1.807, 2.05) is 0 Å². The van der Waals surface area contributed by atoms with Crippen LogP contribution in [0.3, 0.4) is 0 Å². The number of carbonyl (C=O) groups is 2. The van der Waals surface area contributed by atoms with E-state index in [1.165, 1.54) is 13.2 Å². The van der Waals surface area contributed by atoms with Gasteiger partial charge in [0.2, 0.25) is 0 Å². The molecular formula is C16H21NO5. The van der Waals surface area contributed by atoms with Gasteiger partial charge in [-0.2, -0.15) is 0 Å². The van der Waals surface area contributed by atoms with Crippen LogP contribution in [0.1, 0.15) is 20.8 Å². The summed E-state index contributed by atoms with van der Waals surface area (Å²) in [6, 6.07) is 6.81. The topological polar surface area (TPSA) is 73.9 Å². The molecule has 1 aromatic rings. The highest BCUT2D eigenvalue weighted by Gasteiger charge is 2.17. The van der Waals surface area contributed by atoms with E-state index in [0.29, 0.717) is 12.3 Å². The van der Waals surface area contributed by atoms with E-state index >= 15 is 0 Å². The maximum Gasteiger partial charge on any atom is 0.514 e. The molecule has 0 fully saturated rings. The number of nitrogens with one attached hydrogen (secondary N) is 1. The van der Waals surface area contributed by atoms with Crippen LogP contribution in [0.4, 0.5) is 10.5 Å². The van der Waals surface area contributed by atoms with Crippen molar-refractivity contribution in [3.05, 3.63) is 36.4 Å². The molecule has 0 amide bonds. The van der Waals surface area contributed by atoms with Crippen LogP contribution < -0.4 is 10.1 Å².